The fourth-order valence-corrected chi connectivity index (χ4v) is 3.84. The van der Waals surface area contributed by atoms with Gasteiger partial charge in [0.05, 0.1) is 6.10 Å². The van der Waals surface area contributed by atoms with Crippen LogP contribution in [0.4, 0.5) is 0 Å². The first-order valence-corrected chi connectivity index (χ1v) is 7.82. The normalized spacial score (nSPS) is 33.2. The van der Waals surface area contributed by atoms with Gasteiger partial charge in [-0.25, -0.2) is 0 Å². The van der Waals surface area contributed by atoms with Crippen LogP contribution < -0.4 is 5.32 Å². The van der Waals surface area contributed by atoms with E-state index < -0.39 is 0 Å². The van der Waals surface area contributed by atoms with Gasteiger partial charge >= 0.3 is 0 Å². The number of piperidine rings is 1. The Labute approximate surface area is 116 Å². The van der Waals surface area contributed by atoms with Crippen molar-refractivity contribution >= 4 is 0 Å². The van der Waals surface area contributed by atoms with Crippen LogP contribution >= 0.6 is 0 Å². The van der Waals surface area contributed by atoms with E-state index in [1.165, 1.54) is 37.7 Å². The summed E-state index contributed by atoms with van der Waals surface area (Å²) in [7, 11) is 0. The Morgan fingerprint density at radius 2 is 1.68 bits per heavy atom. The summed E-state index contributed by atoms with van der Waals surface area (Å²) in [5, 5.41) is 14.0. The monoisotopic (exact) mass is 259 g/mol. The van der Waals surface area contributed by atoms with Gasteiger partial charge in [-0.1, -0.05) is 49.6 Å². The van der Waals surface area contributed by atoms with E-state index in [0.29, 0.717) is 12.1 Å². The molecule has 2 heteroatoms. The molecule has 0 bridgehead atoms. The molecule has 1 aliphatic heterocycles. The Kier molecular flexibility index (Phi) is 4.19. The van der Waals surface area contributed by atoms with Crippen molar-refractivity contribution in [1.82, 2.24) is 5.32 Å². The maximum Gasteiger partial charge on any atom is 0.0573 e. The van der Waals surface area contributed by atoms with E-state index in [1.807, 2.05) is 0 Å². The quantitative estimate of drug-likeness (QED) is 0.853. The molecule has 0 amide bonds. The number of rotatable bonds is 2. The van der Waals surface area contributed by atoms with Gasteiger partial charge in [-0.3, -0.25) is 0 Å². The van der Waals surface area contributed by atoms with Gasteiger partial charge in [-0.05, 0) is 37.2 Å². The predicted octanol–water partition coefficient (Wildman–Crippen LogP) is 3.42. The minimum atomic E-state index is -0.140. The summed E-state index contributed by atoms with van der Waals surface area (Å²) in [5.41, 5.74) is 1.32. The molecule has 3 atom stereocenters. The van der Waals surface area contributed by atoms with Gasteiger partial charge in [-0.2, -0.15) is 0 Å². The van der Waals surface area contributed by atoms with E-state index in [9.17, 15) is 5.11 Å². The van der Waals surface area contributed by atoms with Crippen LogP contribution in [0.3, 0.4) is 0 Å². The molecule has 0 spiro atoms. The van der Waals surface area contributed by atoms with Gasteiger partial charge in [0, 0.05) is 12.1 Å². The Balaban J connectivity index is 1.70. The molecule has 0 radical (unpaired) electrons. The van der Waals surface area contributed by atoms with Crippen molar-refractivity contribution in [3.8, 4) is 0 Å². The summed E-state index contributed by atoms with van der Waals surface area (Å²) in [4.78, 5) is 0. The summed E-state index contributed by atoms with van der Waals surface area (Å²) < 4.78 is 0. The molecule has 1 aliphatic carbocycles. The van der Waals surface area contributed by atoms with Crippen LogP contribution in [0.25, 0.3) is 0 Å². The van der Waals surface area contributed by atoms with Crippen molar-refractivity contribution in [2.45, 2.75) is 63.1 Å². The Morgan fingerprint density at radius 1 is 0.947 bits per heavy atom. The summed E-state index contributed by atoms with van der Waals surface area (Å²) in [6.07, 6.45) is 8.47. The fraction of sp³-hybridized carbons (Fsp3) is 0.647. The summed E-state index contributed by atoms with van der Waals surface area (Å²) in [5.74, 6) is 0.773. The smallest absolute Gasteiger partial charge is 0.0573 e. The van der Waals surface area contributed by atoms with Crippen LogP contribution in [0.2, 0.25) is 0 Å². The molecule has 2 fully saturated rings. The average molecular weight is 259 g/mol. The Morgan fingerprint density at radius 3 is 2.42 bits per heavy atom. The zero-order chi connectivity index (χ0) is 13.1. The Bertz CT molecular complexity index is 386. The lowest BCUT2D eigenvalue weighted by Gasteiger charge is -2.40. The van der Waals surface area contributed by atoms with Crippen molar-refractivity contribution in [2.24, 2.45) is 5.92 Å². The van der Waals surface area contributed by atoms with E-state index in [2.05, 4.69) is 35.6 Å². The number of aliphatic hydroxyl groups is 1. The van der Waals surface area contributed by atoms with Crippen LogP contribution in [-0.2, 0) is 0 Å². The third-order valence-electron chi connectivity index (χ3n) is 4.87. The molecule has 1 saturated heterocycles. The van der Waals surface area contributed by atoms with E-state index in [1.54, 1.807) is 0 Å². The molecule has 0 aromatic heterocycles. The lowest BCUT2D eigenvalue weighted by atomic mass is 9.78. The zero-order valence-electron chi connectivity index (χ0n) is 11.6. The van der Waals surface area contributed by atoms with E-state index >= 15 is 0 Å². The second-order valence-electron chi connectivity index (χ2n) is 6.26. The lowest BCUT2D eigenvalue weighted by Crippen LogP contribution is -2.47. The summed E-state index contributed by atoms with van der Waals surface area (Å²) in [6, 6.07) is 11.4. The Hall–Kier alpha value is -0.860. The first-order valence-electron chi connectivity index (χ1n) is 7.82. The van der Waals surface area contributed by atoms with Gasteiger partial charge in [-0.15, -0.1) is 0 Å². The molecule has 0 unspecified atom stereocenters. The van der Waals surface area contributed by atoms with Crippen LogP contribution in [0, 0.1) is 5.92 Å². The number of hydrogen-bond acceptors (Lipinski definition) is 2. The largest absolute Gasteiger partial charge is 0.393 e. The van der Waals surface area contributed by atoms with Crippen LogP contribution in [-0.4, -0.2) is 17.3 Å². The van der Waals surface area contributed by atoms with Crippen molar-refractivity contribution in [3.63, 3.8) is 0 Å². The van der Waals surface area contributed by atoms with Crippen LogP contribution in [0.1, 0.15) is 56.6 Å². The molecule has 2 N–H and O–H groups in total. The number of hydrogen-bond donors (Lipinski definition) is 2. The summed E-state index contributed by atoms with van der Waals surface area (Å²) >= 11 is 0. The maximum absolute atomic E-state index is 10.2. The second kappa shape index (κ2) is 6.06. The number of benzene rings is 1. The highest BCUT2D eigenvalue weighted by Crippen LogP contribution is 2.34. The standard InChI is InChI=1S/C17H25NO/c19-15-11-16(13-7-3-1-4-8-13)18-17(12-15)14-9-5-2-6-10-14/h1,3-4,7-8,14-19H,2,5-6,9-12H2/t15-,16-,17+/m1/s1. The number of nitrogens with one attached hydrogen (secondary N) is 1. The lowest BCUT2D eigenvalue weighted by molar-refractivity contribution is 0.0693. The molecular weight excluding hydrogens is 234 g/mol. The van der Waals surface area contributed by atoms with Gasteiger partial charge in [0.2, 0.25) is 0 Å². The van der Waals surface area contributed by atoms with Crippen molar-refractivity contribution in [3.05, 3.63) is 35.9 Å². The molecule has 19 heavy (non-hydrogen) atoms. The molecule has 1 heterocycles. The SMILES string of the molecule is O[C@H]1C[C@@H](C2CCCCC2)N[C@@H](c2ccccc2)C1. The highest BCUT2D eigenvalue weighted by atomic mass is 16.3. The topological polar surface area (TPSA) is 32.3 Å². The third kappa shape index (κ3) is 3.18. The molecule has 104 valence electrons. The highest BCUT2D eigenvalue weighted by molar-refractivity contribution is 5.20. The average Bonchev–Trinajstić information content (AvgIpc) is 2.48. The molecule has 1 saturated carbocycles. The van der Waals surface area contributed by atoms with Gasteiger partial charge in [0.1, 0.15) is 0 Å². The van der Waals surface area contributed by atoms with Crippen LogP contribution in [0.5, 0.6) is 0 Å². The predicted molar refractivity (Wildman–Crippen MR) is 77.9 cm³/mol. The first kappa shape index (κ1) is 13.1. The minimum Gasteiger partial charge on any atom is -0.393 e. The first-order chi connectivity index (χ1) is 9.33. The van der Waals surface area contributed by atoms with Crippen molar-refractivity contribution < 1.29 is 5.11 Å². The van der Waals surface area contributed by atoms with Crippen molar-refractivity contribution in [1.29, 1.82) is 0 Å². The third-order valence-corrected chi connectivity index (χ3v) is 4.87. The molecule has 3 rings (SSSR count). The zero-order valence-corrected chi connectivity index (χ0v) is 11.6. The van der Waals surface area contributed by atoms with E-state index in [-0.39, 0.29) is 6.10 Å². The van der Waals surface area contributed by atoms with Gasteiger partial charge in [0.25, 0.3) is 0 Å². The van der Waals surface area contributed by atoms with Crippen LogP contribution in [0.15, 0.2) is 30.3 Å². The molecule has 1 aromatic carbocycles. The van der Waals surface area contributed by atoms with Gasteiger partial charge < -0.3 is 10.4 Å². The highest BCUT2D eigenvalue weighted by Gasteiger charge is 2.33. The van der Waals surface area contributed by atoms with E-state index in [0.717, 1.165) is 18.8 Å². The van der Waals surface area contributed by atoms with E-state index in [4.69, 9.17) is 0 Å². The van der Waals surface area contributed by atoms with Crippen molar-refractivity contribution in [2.75, 3.05) is 0 Å². The fourth-order valence-electron chi connectivity index (χ4n) is 3.84. The maximum atomic E-state index is 10.2. The molecular formula is C17H25NO. The molecule has 2 aliphatic rings. The minimum absolute atomic E-state index is 0.140. The molecule has 1 aromatic rings. The summed E-state index contributed by atoms with van der Waals surface area (Å²) in [6.45, 7) is 0. The molecule has 2 nitrogen and oxygen atoms in total. The van der Waals surface area contributed by atoms with Gasteiger partial charge in [0.15, 0.2) is 0 Å². The number of aliphatic hydroxyl groups excluding tert-OH is 1. The second-order valence-corrected chi connectivity index (χ2v) is 6.26.